The Morgan fingerprint density at radius 3 is 2.83 bits per heavy atom. The third-order valence-corrected chi connectivity index (χ3v) is 4.92. The number of hydrogen-bond acceptors (Lipinski definition) is 4. The van der Waals surface area contributed by atoms with Crippen molar-refractivity contribution in [3.8, 4) is 0 Å². The van der Waals surface area contributed by atoms with Crippen molar-refractivity contribution < 1.29 is 4.79 Å². The number of rotatable bonds is 3. The molecule has 0 radical (unpaired) electrons. The molecule has 0 saturated carbocycles. The Morgan fingerprint density at radius 2 is 2.22 bits per heavy atom. The summed E-state index contributed by atoms with van der Waals surface area (Å²) in [5.74, 6) is 2.54. The average Bonchev–Trinajstić information content (AvgIpc) is 2.86. The minimum absolute atomic E-state index is 0.0365. The SMILES string of the molecule is CC(C)c1nc(CNC(=O)N2CCSCC2)cs1. The lowest BCUT2D eigenvalue weighted by molar-refractivity contribution is 0.202. The molecule has 1 aliphatic heterocycles. The standard InChI is InChI=1S/C12H19N3OS2/c1-9(2)11-14-10(8-18-11)7-13-12(16)15-3-5-17-6-4-15/h8-9H,3-7H2,1-2H3,(H,13,16). The van der Waals surface area contributed by atoms with Gasteiger partial charge in [-0.2, -0.15) is 11.8 Å². The van der Waals surface area contributed by atoms with Crippen LogP contribution in [0.4, 0.5) is 4.79 Å². The fourth-order valence-electron chi connectivity index (χ4n) is 1.71. The number of nitrogens with one attached hydrogen (secondary N) is 1. The Morgan fingerprint density at radius 1 is 1.50 bits per heavy atom. The van der Waals surface area contributed by atoms with Crippen molar-refractivity contribution in [1.29, 1.82) is 0 Å². The number of aromatic nitrogens is 1. The van der Waals surface area contributed by atoms with Gasteiger partial charge in [0.15, 0.2) is 0 Å². The second-order valence-corrected chi connectivity index (χ2v) is 6.70. The molecule has 0 spiro atoms. The van der Waals surface area contributed by atoms with Crippen molar-refractivity contribution in [2.24, 2.45) is 0 Å². The molecule has 1 aromatic heterocycles. The zero-order valence-electron chi connectivity index (χ0n) is 10.8. The number of amides is 2. The van der Waals surface area contributed by atoms with Crippen molar-refractivity contribution in [1.82, 2.24) is 15.2 Å². The molecule has 0 aromatic carbocycles. The highest BCUT2D eigenvalue weighted by Gasteiger charge is 2.16. The summed E-state index contributed by atoms with van der Waals surface area (Å²) in [5.41, 5.74) is 0.962. The fourth-order valence-corrected chi connectivity index (χ4v) is 3.45. The molecule has 1 N–H and O–H groups in total. The quantitative estimate of drug-likeness (QED) is 0.928. The zero-order valence-corrected chi connectivity index (χ0v) is 12.4. The maximum atomic E-state index is 11.9. The van der Waals surface area contributed by atoms with Gasteiger partial charge in [-0.15, -0.1) is 11.3 Å². The molecule has 100 valence electrons. The Bertz CT molecular complexity index is 400. The van der Waals surface area contributed by atoms with Gasteiger partial charge >= 0.3 is 6.03 Å². The van der Waals surface area contributed by atoms with Crippen LogP contribution >= 0.6 is 23.1 Å². The van der Waals surface area contributed by atoms with E-state index in [0.29, 0.717) is 12.5 Å². The highest BCUT2D eigenvalue weighted by atomic mass is 32.2. The molecule has 2 heterocycles. The summed E-state index contributed by atoms with van der Waals surface area (Å²) in [7, 11) is 0. The summed E-state index contributed by atoms with van der Waals surface area (Å²) < 4.78 is 0. The predicted octanol–water partition coefficient (Wildman–Crippen LogP) is 2.52. The first-order valence-corrected chi connectivity index (χ1v) is 8.25. The van der Waals surface area contributed by atoms with Crippen LogP contribution in [0.25, 0.3) is 0 Å². The summed E-state index contributed by atoms with van der Waals surface area (Å²) >= 11 is 3.57. The van der Waals surface area contributed by atoms with Gasteiger partial charge in [-0.1, -0.05) is 13.8 Å². The van der Waals surface area contributed by atoms with Crippen LogP contribution in [0.15, 0.2) is 5.38 Å². The first-order chi connectivity index (χ1) is 8.66. The maximum Gasteiger partial charge on any atom is 0.317 e. The van der Waals surface area contributed by atoms with Gasteiger partial charge in [-0.25, -0.2) is 9.78 Å². The van der Waals surface area contributed by atoms with Crippen molar-refractivity contribution in [2.45, 2.75) is 26.3 Å². The summed E-state index contributed by atoms with van der Waals surface area (Å²) in [6.07, 6.45) is 0. The van der Waals surface area contributed by atoms with E-state index in [9.17, 15) is 4.79 Å². The maximum absolute atomic E-state index is 11.9. The van der Waals surface area contributed by atoms with Gasteiger partial charge in [0.25, 0.3) is 0 Å². The van der Waals surface area contributed by atoms with Crippen LogP contribution in [0.3, 0.4) is 0 Å². The predicted molar refractivity (Wildman–Crippen MR) is 77.3 cm³/mol. The lowest BCUT2D eigenvalue weighted by atomic mass is 10.2. The van der Waals surface area contributed by atoms with E-state index in [-0.39, 0.29) is 6.03 Å². The summed E-state index contributed by atoms with van der Waals surface area (Å²) in [6.45, 7) is 6.50. The lowest BCUT2D eigenvalue weighted by Crippen LogP contribution is -2.44. The Kier molecular flexibility index (Phi) is 4.88. The van der Waals surface area contributed by atoms with E-state index in [0.717, 1.165) is 35.3 Å². The van der Waals surface area contributed by atoms with Gasteiger partial charge < -0.3 is 10.2 Å². The monoisotopic (exact) mass is 285 g/mol. The van der Waals surface area contributed by atoms with Gasteiger partial charge in [0.2, 0.25) is 0 Å². The van der Waals surface area contributed by atoms with Crippen LogP contribution in [0.1, 0.15) is 30.5 Å². The molecule has 0 unspecified atom stereocenters. The molecule has 4 nitrogen and oxygen atoms in total. The van der Waals surface area contributed by atoms with Crippen LogP contribution < -0.4 is 5.32 Å². The molecule has 1 aliphatic rings. The third kappa shape index (κ3) is 3.62. The highest BCUT2D eigenvalue weighted by Crippen LogP contribution is 2.19. The first-order valence-electron chi connectivity index (χ1n) is 6.21. The van der Waals surface area contributed by atoms with Crippen LogP contribution in [-0.2, 0) is 6.54 Å². The molecular weight excluding hydrogens is 266 g/mol. The molecule has 18 heavy (non-hydrogen) atoms. The summed E-state index contributed by atoms with van der Waals surface area (Å²) in [5, 5.41) is 6.11. The number of carbonyl (C=O) groups is 1. The highest BCUT2D eigenvalue weighted by molar-refractivity contribution is 7.99. The molecule has 0 aliphatic carbocycles. The topological polar surface area (TPSA) is 45.2 Å². The summed E-state index contributed by atoms with van der Waals surface area (Å²) in [4.78, 5) is 18.3. The van der Waals surface area contributed by atoms with Crippen LogP contribution in [-0.4, -0.2) is 40.5 Å². The van der Waals surface area contributed by atoms with Crippen molar-refractivity contribution in [3.63, 3.8) is 0 Å². The van der Waals surface area contributed by atoms with Crippen LogP contribution in [0, 0.1) is 0 Å². The molecule has 0 bridgehead atoms. The number of carbonyl (C=O) groups excluding carboxylic acids is 1. The Hall–Kier alpha value is -0.750. The number of urea groups is 1. The van der Waals surface area contributed by atoms with Gasteiger partial charge in [0, 0.05) is 35.9 Å². The van der Waals surface area contributed by atoms with Crippen molar-refractivity contribution in [3.05, 3.63) is 16.1 Å². The smallest absolute Gasteiger partial charge is 0.317 e. The Labute approximate surface area is 116 Å². The van der Waals surface area contributed by atoms with E-state index in [4.69, 9.17) is 0 Å². The fraction of sp³-hybridized carbons (Fsp3) is 0.667. The third-order valence-electron chi connectivity index (χ3n) is 2.78. The molecule has 0 atom stereocenters. The van der Waals surface area contributed by atoms with Crippen molar-refractivity contribution in [2.75, 3.05) is 24.6 Å². The molecule has 2 rings (SSSR count). The van der Waals surface area contributed by atoms with Crippen molar-refractivity contribution >= 4 is 29.1 Å². The molecule has 1 fully saturated rings. The van der Waals surface area contributed by atoms with E-state index >= 15 is 0 Å². The lowest BCUT2D eigenvalue weighted by Gasteiger charge is -2.26. The molecule has 1 aromatic rings. The number of hydrogen-bond donors (Lipinski definition) is 1. The van der Waals surface area contributed by atoms with Crippen LogP contribution in [0.5, 0.6) is 0 Å². The Balaban J connectivity index is 1.81. The van der Waals surface area contributed by atoms with Gasteiger partial charge in [-0.3, -0.25) is 0 Å². The number of nitrogens with zero attached hydrogens (tertiary/aromatic N) is 2. The largest absolute Gasteiger partial charge is 0.332 e. The number of thiazole rings is 1. The molecule has 2 amide bonds. The normalized spacial score (nSPS) is 16.1. The minimum Gasteiger partial charge on any atom is -0.332 e. The molecular formula is C12H19N3OS2. The second-order valence-electron chi connectivity index (χ2n) is 4.59. The average molecular weight is 285 g/mol. The minimum atomic E-state index is 0.0365. The van der Waals surface area contributed by atoms with E-state index in [1.54, 1.807) is 11.3 Å². The van der Waals surface area contributed by atoms with Crippen LogP contribution in [0.2, 0.25) is 0 Å². The van der Waals surface area contributed by atoms with E-state index in [1.807, 2.05) is 22.0 Å². The van der Waals surface area contributed by atoms with E-state index in [1.165, 1.54) is 0 Å². The molecule has 1 saturated heterocycles. The summed E-state index contributed by atoms with van der Waals surface area (Å²) in [6, 6.07) is 0.0365. The van der Waals surface area contributed by atoms with Gasteiger partial charge in [-0.05, 0) is 0 Å². The van der Waals surface area contributed by atoms with Gasteiger partial charge in [0.1, 0.15) is 0 Å². The molecule has 6 heteroatoms. The first kappa shape index (κ1) is 13.7. The number of thioether (sulfide) groups is 1. The zero-order chi connectivity index (χ0) is 13.0. The van der Waals surface area contributed by atoms with Gasteiger partial charge in [0.05, 0.1) is 17.2 Å². The second kappa shape index (κ2) is 6.43. The van der Waals surface area contributed by atoms with E-state index < -0.39 is 0 Å². The van der Waals surface area contributed by atoms with E-state index in [2.05, 4.69) is 24.1 Å².